The van der Waals surface area contributed by atoms with Gasteiger partial charge in [0.05, 0.1) is 37.1 Å². The molecule has 0 radical (unpaired) electrons. The van der Waals surface area contributed by atoms with Crippen molar-refractivity contribution < 1.29 is 19.1 Å². The third-order valence-electron chi connectivity index (χ3n) is 6.54. The Morgan fingerprint density at radius 1 is 0.914 bits per heavy atom. The second-order valence-electron chi connectivity index (χ2n) is 8.71. The maximum atomic E-state index is 13.3. The number of nitrogens with zero attached hydrogens (tertiary/aromatic N) is 3. The number of methoxy groups -OCH3 is 1. The van der Waals surface area contributed by atoms with Crippen molar-refractivity contribution in [3.8, 4) is 11.5 Å². The van der Waals surface area contributed by atoms with Crippen molar-refractivity contribution in [1.82, 2.24) is 9.80 Å². The number of piperazine rings is 1. The monoisotopic (exact) mass is 491 g/mol. The molecule has 2 aliphatic heterocycles. The van der Waals surface area contributed by atoms with Crippen molar-refractivity contribution in [1.29, 1.82) is 0 Å². The van der Waals surface area contributed by atoms with Gasteiger partial charge in [0.15, 0.2) is 11.5 Å². The van der Waals surface area contributed by atoms with Crippen LogP contribution < -0.4 is 14.4 Å². The van der Waals surface area contributed by atoms with Gasteiger partial charge in [-0.15, -0.1) is 0 Å². The van der Waals surface area contributed by atoms with Gasteiger partial charge in [0.1, 0.15) is 0 Å². The van der Waals surface area contributed by atoms with Crippen LogP contribution in [0.15, 0.2) is 53.2 Å². The molecule has 7 nitrogen and oxygen atoms in total. The van der Waals surface area contributed by atoms with Gasteiger partial charge in [-0.2, -0.15) is 11.3 Å². The minimum atomic E-state index is -0.207. The summed E-state index contributed by atoms with van der Waals surface area (Å²) in [7, 11) is 1.65. The Kier molecular flexibility index (Phi) is 6.74. The van der Waals surface area contributed by atoms with Crippen LogP contribution in [-0.2, 0) is 13.1 Å². The molecule has 1 aromatic heterocycles. The van der Waals surface area contributed by atoms with Crippen molar-refractivity contribution >= 4 is 28.8 Å². The van der Waals surface area contributed by atoms with Crippen molar-refractivity contribution in [3.05, 3.63) is 75.5 Å². The normalized spacial score (nSPS) is 16.1. The molecule has 1 fully saturated rings. The first-order chi connectivity index (χ1) is 17.1. The molecular weight excluding hydrogens is 462 g/mol. The van der Waals surface area contributed by atoms with Gasteiger partial charge in [-0.25, -0.2) is 0 Å². The Morgan fingerprint density at radius 2 is 1.74 bits per heavy atom. The van der Waals surface area contributed by atoms with Crippen LogP contribution in [0.2, 0.25) is 0 Å². The summed E-state index contributed by atoms with van der Waals surface area (Å²) in [5, 5.41) is 3.94. The maximum Gasteiger partial charge on any atom is 0.263 e. The molecule has 2 amide bonds. The minimum Gasteiger partial charge on any atom is -0.493 e. The largest absolute Gasteiger partial charge is 0.493 e. The number of benzene rings is 2. The van der Waals surface area contributed by atoms with E-state index in [0.717, 1.165) is 55.5 Å². The van der Waals surface area contributed by atoms with Gasteiger partial charge in [0, 0.05) is 32.7 Å². The zero-order valence-corrected chi connectivity index (χ0v) is 20.8. The third-order valence-corrected chi connectivity index (χ3v) is 7.28. The topological polar surface area (TPSA) is 62.3 Å². The Labute approximate surface area is 209 Å². The van der Waals surface area contributed by atoms with Crippen molar-refractivity contribution in [3.63, 3.8) is 0 Å². The number of carbonyl (C=O) groups is 2. The summed E-state index contributed by atoms with van der Waals surface area (Å²) in [4.78, 5) is 32.3. The fourth-order valence-electron chi connectivity index (χ4n) is 4.78. The summed E-state index contributed by atoms with van der Waals surface area (Å²) in [5.74, 6) is 1.10. The molecule has 0 spiro atoms. The summed E-state index contributed by atoms with van der Waals surface area (Å²) in [6, 6.07) is 13.6. The van der Waals surface area contributed by atoms with E-state index in [2.05, 4.69) is 15.9 Å². The van der Waals surface area contributed by atoms with Gasteiger partial charge in [-0.3, -0.25) is 19.4 Å². The van der Waals surface area contributed by atoms with Crippen molar-refractivity contribution in [2.75, 3.05) is 44.8 Å². The van der Waals surface area contributed by atoms with Gasteiger partial charge in [0.25, 0.3) is 11.8 Å². The number of amides is 2. The van der Waals surface area contributed by atoms with Gasteiger partial charge >= 0.3 is 0 Å². The molecule has 182 valence electrons. The second-order valence-corrected chi connectivity index (χ2v) is 9.49. The predicted molar refractivity (Wildman–Crippen MR) is 137 cm³/mol. The standard InChI is InChI=1S/C27H29N3O4S/c1-3-34-24-15-19(7-8-23(24)33-2)16-28-10-12-29(13-11-28)22-6-4-5-21-25(22)27(32)30(26(21)31)17-20-9-14-35-18-20/h4-9,14-15,18H,3,10-13,16-17H2,1-2H3. The van der Waals surface area contributed by atoms with Gasteiger partial charge in [-0.05, 0) is 59.1 Å². The van der Waals surface area contributed by atoms with Crippen LogP contribution in [0.25, 0.3) is 0 Å². The van der Waals surface area contributed by atoms with Crippen LogP contribution in [0.5, 0.6) is 11.5 Å². The molecule has 0 aliphatic carbocycles. The molecule has 35 heavy (non-hydrogen) atoms. The van der Waals surface area contributed by atoms with E-state index in [1.165, 1.54) is 10.5 Å². The van der Waals surface area contributed by atoms with Crippen LogP contribution in [-0.4, -0.2) is 61.5 Å². The van der Waals surface area contributed by atoms with Crippen LogP contribution in [0.4, 0.5) is 5.69 Å². The summed E-state index contributed by atoms with van der Waals surface area (Å²) in [5.41, 5.74) is 4.06. The predicted octanol–water partition coefficient (Wildman–Crippen LogP) is 4.27. The molecule has 0 unspecified atom stereocenters. The number of rotatable bonds is 8. The highest BCUT2D eigenvalue weighted by Gasteiger charge is 2.38. The van der Waals surface area contributed by atoms with Crippen molar-refractivity contribution in [2.24, 2.45) is 0 Å². The lowest BCUT2D eigenvalue weighted by atomic mass is 10.1. The van der Waals surface area contributed by atoms with Crippen LogP contribution >= 0.6 is 11.3 Å². The zero-order chi connectivity index (χ0) is 24.4. The van der Waals surface area contributed by atoms with E-state index in [4.69, 9.17) is 9.47 Å². The number of hydrogen-bond acceptors (Lipinski definition) is 7. The van der Waals surface area contributed by atoms with E-state index < -0.39 is 0 Å². The van der Waals surface area contributed by atoms with E-state index in [1.54, 1.807) is 24.5 Å². The Hall–Kier alpha value is -3.36. The molecule has 1 saturated heterocycles. The molecule has 0 N–H and O–H groups in total. The minimum absolute atomic E-state index is 0.198. The smallest absolute Gasteiger partial charge is 0.263 e. The van der Waals surface area contributed by atoms with E-state index in [-0.39, 0.29) is 11.8 Å². The Morgan fingerprint density at radius 3 is 2.46 bits per heavy atom. The number of carbonyl (C=O) groups excluding carboxylic acids is 2. The molecule has 0 saturated carbocycles. The fourth-order valence-corrected chi connectivity index (χ4v) is 5.44. The maximum absolute atomic E-state index is 13.3. The quantitative estimate of drug-likeness (QED) is 0.439. The molecule has 0 atom stereocenters. The van der Waals surface area contributed by atoms with E-state index in [1.807, 2.05) is 48.0 Å². The molecular formula is C27H29N3O4S. The number of ether oxygens (including phenoxy) is 2. The molecule has 3 aromatic rings. The molecule has 8 heteroatoms. The lowest BCUT2D eigenvalue weighted by Crippen LogP contribution is -2.46. The number of hydrogen-bond donors (Lipinski definition) is 0. The van der Waals surface area contributed by atoms with Gasteiger partial charge in [-0.1, -0.05) is 12.1 Å². The highest BCUT2D eigenvalue weighted by molar-refractivity contribution is 7.07. The molecule has 3 heterocycles. The lowest BCUT2D eigenvalue weighted by Gasteiger charge is -2.36. The summed E-state index contributed by atoms with van der Waals surface area (Å²) < 4.78 is 11.1. The fraction of sp³-hybridized carbons (Fsp3) is 0.333. The van der Waals surface area contributed by atoms with Crippen LogP contribution in [0, 0.1) is 0 Å². The third kappa shape index (κ3) is 4.63. The van der Waals surface area contributed by atoms with Crippen LogP contribution in [0.3, 0.4) is 0 Å². The highest BCUT2D eigenvalue weighted by atomic mass is 32.1. The SMILES string of the molecule is CCOc1cc(CN2CCN(c3cccc4c3C(=O)N(Cc3ccsc3)C4=O)CC2)ccc1OC. The summed E-state index contributed by atoms with van der Waals surface area (Å²) >= 11 is 1.57. The van der Waals surface area contributed by atoms with Crippen LogP contribution in [0.1, 0.15) is 38.8 Å². The van der Waals surface area contributed by atoms with Gasteiger partial charge in [0.2, 0.25) is 0 Å². The van der Waals surface area contributed by atoms with E-state index in [9.17, 15) is 9.59 Å². The average molecular weight is 492 g/mol. The summed E-state index contributed by atoms with van der Waals surface area (Å²) in [6.07, 6.45) is 0. The number of imide groups is 1. The Bertz CT molecular complexity index is 1220. The zero-order valence-electron chi connectivity index (χ0n) is 20.0. The molecule has 5 rings (SSSR count). The van der Waals surface area contributed by atoms with E-state index >= 15 is 0 Å². The molecule has 0 bridgehead atoms. The first-order valence-corrected chi connectivity index (χ1v) is 12.8. The van der Waals surface area contributed by atoms with E-state index in [0.29, 0.717) is 24.3 Å². The number of fused-ring (bicyclic) bond motifs is 1. The first-order valence-electron chi connectivity index (χ1n) is 11.9. The second kappa shape index (κ2) is 10.1. The number of thiophene rings is 1. The Balaban J connectivity index is 1.27. The number of anilines is 1. The summed E-state index contributed by atoms with van der Waals surface area (Å²) in [6.45, 7) is 6.98. The first kappa shape index (κ1) is 23.4. The molecule has 2 aromatic carbocycles. The lowest BCUT2D eigenvalue weighted by molar-refractivity contribution is 0.0642. The van der Waals surface area contributed by atoms with Crippen molar-refractivity contribution in [2.45, 2.75) is 20.0 Å². The molecule has 2 aliphatic rings. The average Bonchev–Trinajstić information content (AvgIpc) is 3.48. The highest BCUT2D eigenvalue weighted by Crippen LogP contribution is 2.34. The van der Waals surface area contributed by atoms with Gasteiger partial charge < -0.3 is 14.4 Å².